The molecule has 1 aliphatic carbocycles. The number of para-hydroxylation sites is 1. The monoisotopic (exact) mass is 282 g/mol. The number of fused-ring (bicyclic) bond motifs is 1. The molecule has 112 valence electrons. The number of aryl methyl sites for hydroxylation is 1. The number of hydrogen-bond acceptors (Lipinski definition) is 2. The lowest BCUT2D eigenvalue weighted by atomic mass is 9.81. The molecule has 1 N–H and O–H groups in total. The minimum Gasteiger partial charge on any atom is -0.370 e. The predicted molar refractivity (Wildman–Crippen MR) is 90.7 cm³/mol. The van der Waals surface area contributed by atoms with Gasteiger partial charge in [-0.1, -0.05) is 44.4 Å². The lowest BCUT2D eigenvalue weighted by Gasteiger charge is -2.28. The Labute approximate surface area is 128 Å². The Balaban J connectivity index is 1.64. The Morgan fingerprint density at radius 2 is 1.81 bits per heavy atom. The van der Waals surface area contributed by atoms with Crippen LogP contribution in [0.25, 0.3) is 10.9 Å². The van der Waals surface area contributed by atoms with E-state index in [9.17, 15) is 0 Å². The van der Waals surface area contributed by atoms with Gasteiger partial charge in [-0.05, 0) is 49.3 Å². The molecule has 0 aliphatic heterocycles. The van der Waals surface area contributed by atoms with Crippen LogP contribution in [0, 0.1) is 18.8 Å². The predicted octanol–water partition coefficient (Wildman–Crippen LogP) is 5.17. The third-order valence-electron chi connectivity index (χ3n) is 5.02. The molecule has 2 nitrogen and oxygen atoms in total. The van der Waals surface area contributed by atoms with E-state index < -0.39 is 0 Å². The average molecular weight is 282 g/mol. The average Bonchev–Trinajstić information content (AvgIpc) is 2.53. The third kappa shape index (κ3) is 3.37. The van der Waals surface area contributed by atoms with Crippen LogP contribution in [0.5, 0.6) is 0 Å². The normalized spacial score (nSPS) is 22.4. The number of nitrogens with one attached hydrogen (secondary N) is 1. The summed E-state index contributed by atoms with van der Waals surface area (Å²) in [6.07, 6.45) is 6.92. The van der Waals surface area contributed by atoms with Crippen molar-refractivity contribution in [2.24, 2.45) is 11.8 Å². The van der Waals surface area contributed by atoms with Crippen molar-refractivity contribution in [1.82, 2.24) is 4.98 Å². The van der Waals surface area contributed by atoms with Crippen molar-refractivity contribution in [3.05, 3.63) is 35.9 Å². The molecule has 0 radical (unpaired) electrons. The first kappa shape index (κ1) is 14.4. The van der Waals surface area contributed by atoms with Gasteiger partial charge in [0.2, 0.25) is 0 Å². The summed E-state index contributed by atoms with van der Waals surface area (Å²) in [5.41, 5.74) is 2.33. The molecule has 1 heterocycles. The van der Waals surface area contributed by atoms with E-state index in [1.165, 1.54) is 43.1 Å². The van der Waals surface area contributed by atoms with Gasteiger partial charge in [0.25, 0.3) is 0 Å². The van der Waals surface area contributed by atoms with Gasteiger partial charge < -0.3 is 5.32 Å². The number of rotatable bonds is 4. The molecule has 1 aromatic heterocycles. The first-order chi connectivity index (χ1) is 10.3. The second-order valence-corrected chi connectivity index (χ2v) is 6.52. The molecular formula is C19H26N2. The minimum absolute atomic E-state index is 0.820. The van der Waals surface area contributed by atoms with Gasteiger partial charge in [-0.3, -0.25) is 0 Å². The second-order valence-electron chi connectivity index (χ2n) is 6.52. The second kappa shape index (κ2) is 6.46. The van der Waals surface area contributed by atoms with E-state index in [4.69, 9.17) is 4.98 Å². The molecule has 2 heteroatoms. The summed E-state index contributed by atoms with van der Waals surface area (Å²) < 4.78 is 0. The Bertz CT molecular complexity index is 598. The van der Waals surface area contributed by atoms with Crippen molar-refractivity contribution in [3.8, 4) is 0 Å². The van der Waals surface area contributed by atoms with Gasteiger partial charge in [0.05, 0.1) is 5.52 Å². The van der Waals surface area contributed by atoms with Crippen LogP contribution < -0.4 is 5.32 Å². The van der Waals surface area contributed by atoms with Gasteiger partial charge in [0.15, 0.2) is 0 Å². The highest BCUT2D eigenvalue weighted by atomic mass is 15.0. The zero-order valence-corrected chi connectivity index (χ0v) is 13.2. The third-order valence-corrected chi connectivity index (χ3v) is 5.02. The zero-order chi connectivity index (χ0) is 14.7. The lowest BCUT2D eigenvalue weighted by Crippen LogP contribution is -2.21. The highest BCUT2D eigenvalue weighted by Gasteiger charge is 2.19. The van der Waals surface area contributed by atoms with Crippen molar-refractivity contribution < 1.29 is 0 Å². The van der Waals surface area contributed by atoms with Crippen molar-refractivity contribution in [2.75, 3.05) is 11.9 Å². The molecule has 21 heavy (non-hydrogen) atoms. The fraction of sp³-hybridized carbons (Fsp3) is 0.526. The van der Waals surface area contributed by atoms with Gasteiger partial charge in [-0.15, -0.1) is 0 Å². The van der Waals surface area contributed by atoms with Crippen molar-refractivity contribution >= 4 is 16.7 Å². The first-order valence-corrected chi connectivity index (χ1v) is 8.36. The zero-order valence-electron chi connectivity index (χ0n) is 13.2. The molecule has 0 atom stereocenters. The van der Waals surface area contributed by atoms with Crippen LogP contribution in [0.3, 0.4) is 0 Å². The Hall–Kier alpha value is -1.57. The van der Waals surface area contributed by atoms with E-state index in [1.54, 1.807) is 0 Å². The summed E-state index contributed by atoms with van der Waals surface area (Å²) in [6, 6.07) is 10.6. The Morgan fingerprint density at radius 1 is 1.10 bits per heavy atom. The Kier molecular flexibility index (Phi) is 4.42. The fourth-order valence-electron chi connectivity index (χ4n) is 3.49. The van der Waals surface area contributed by atoms with Crippen LogP contribution in [-0.4, -0.2) is 11.5 Å². The first-order valence-electron chi connectivity index (χ1n) is 8.36. The van der Waals surface area contributed by atoms with Crippen LogP contribution >= 0.6 is 0 Å². The topological polar surface area (TPSA) is 24.9 Å². The van der Waals surface area contributed by atoms with Gasteiger partial charge in [-0.2, -0.15) is 0 Å². The van der Waals surface area contributed by atoms with Gasteiger partial charge in [0, 0.05) is 11.9 Å². The van der Waals surface area contributed by atoms with Crippen LogP contribution in [0.2, 0.25) is 0 Å². The van der Waals surface area contributed by atoms with Gasteiger partial charge >= 0.3 is 0 Å². The molecule has 3 rings (SSSR count). The maximum Gasteiger partial charge on any atom is 0.129 e. The molecule has 1 aromatic carbocycles. The summed E-state index contributed by atoms with van der Waals surface area (Å²) in [6.45, 7) is 5.55. The summed E-state index contributed by atoms with van der Waals surface area (Å²) in [4.78, 5) is 4.78. The Morgan fingerprint density at radius 3 is 2.57 bits per heavy atom. The van der Waals surface area contributed by atoms with E-state index in [0.29, 0.717) is 0 Å². The van der Waals surface area contributed by atoms with Crippen molar-refractivity contribution in [3.63, 3.8) is 0 Å². The largest absolute Gasteiger partial charge is 0.370 e. The molecule has 1 fully saturated rings. The number of benzene rings is 1. The quantitative estimate of drug-likeness (QED) is 0.836. The van der Waals surface area contributed by atoms with Crippen LogP contribution in [-0.2, 0) is 0 Å². The molecule has 0 amide bonds. The van der Waals surface area contributed by atoms with Crippen LogP contribution in [0.1, 0.15) is 44.6 Å². The molecule has 0 bridgehead atoms. The number of pyridine rings is 1. The van der Waals surface area contributed by atoms with Gasteiger partial charge in [0.1, 0.15) is 5.82 Å². The molecule has 0 spiro atoms. The molecule has 1 aliphatic rings. The maximum atomic E-state index is 4.78. The minimum atomic E-state index is 0.820. The summed E-state index contributed by atoms with van der Waals surface area (Å²) in [5.74, 6) is 2.86. The summed E-state index contributed by atoms with van der Waals surface area (Å²) in [7, 11) is 0. The number of hydrogen-bond donors (Lipinski definition) is 1. The van der Waals surface area contributed by atoms with E-state index >= 15 is 0 Å². The van der Waals surface area contributed by atoms with Crippen LogP contribution in [0.4, 0.5) is 5.82 Å². The molecule has 0 saturated heterocycles. The molecule has 2 aromatic rings. The van der Waals surface area contributed by atoms with Crippen molar-refractivity contribution in [1.29, 1.82) is 0 Å². The van der Waals surface area contributed by atoms with Gasteiger partial charge in [-0.25, -0.2) is 4.98 Å². The maximum absolute atomic E-state index is 4.78. The van der Waals surface area contributed by atoms with Crippen molar-refractivity contribution in [2.45, 2.75) is 46.0 Å². The lowest BCUT2D eigenvalue weighted by molar-refractivity contribution is 0.278. The van der Waals surface area contributed by atoms with E-state index in [-0.39, 0.29) is 0 Å². The van der Waals surface area contributed by atoms with E-state index in [2.05, 4.69) is 49.5 Å². The standard InChI is InChI=1S/C19H26N2/c1-3-15-8-10-16(11-9-15)13-20-19-14(2)12-17-6-4-5-7-18(17)21-19/h4-7,12,15-16H,3,8-11,13H2,1-2H3,(H,20,21). The fourth-order valence-corrected chi connectivity index (χ4v) is 3.49. The smallest absolute Gasteiger partial charge is 0.129 e. The van der Waals surface area contributed by atoms with E-state index in [1.807, 2.05) is 0 Å². The molecular weight excluding hydrogens is 256 g/mol. The van der Waals surface area contributed by atoms with E-state index in [0.717, 1.165) is 29.7 Å². The summed E-state index contributed by atoms with van der Waals surface area (Å²) >= 11 is 0. The highest BCUT2D eigenvalue weighted by molar-refractivity contribution is 5.81. The van der Waals surface area contributed by atoms with Crippen LogP contribution in [0.15, 0.2) is 30.3 Å². The molecule has 0 unspecified atom stereocenters. The number of anilines is 1. The number of aromatic nitrogens is 1. The SMILES string of the molecule is CCC1CCC(CNc2nc3ccccc3cc2C)CC1. The number of nitrogens with zero attached hydrogens (tertiary/aromatic N) is 1. The molecule has 1 saturated carbocycles. The highest BCUT2D eigenvalue weighted by Crippen LogP contribution is 2.31. The summed E-state index contributed by atoms with van der Waals surface area (Å²) in [5, 5.41) is 4.82.